The lowest BCUT2D eigenvalue weighted by atomic mass is 10.0. The molecule has 0 aromatic heterocycles. The van der Waals surface area contributed by atoms with Crippen LogP contribution in [-0.2, 0) is 9.53 Å². The summed E-state index contributed by atoms with van der Waals surface area (Å²) in [5.41, 5.74) is 0. The Kier molecular flexibility index (Phi) is 5.19. The van der Waals surface area contributed by atoms with Gasteiger partial charge in [-0.2, -0.15) is 0 Å². The summed E-state index contributed by atoms with van der Waals surface area (Å²) in [4.78, 5) is 25.5. The topological polar surface area (TPSA) is 90.9 Å². The van der Waals surface area contributed by atoms with Crippen LogP contribution in [0.2, 0.25) is 0 Å². The van der Waals surface area contributed by atoms with E-state index in [-0.39, 0.29) is 18.0 Å². The van der Waals surface area contributed by atoms with Crippen molar-refractivity contribution in [2.75, 3.05) is 26.2 Å². The molecule has 2 aliphatic heterocycles. The van der Waals surface area contributed by atoms with Crippen LogP contribution in [-0.4, -0.2) is 66.4 Å². The molecule has 2 heterocycles. The van der Waals surface area contributed by atoms with Crippen LogP contribution in [0.25, 0.3) is 0 Å². The highest BCUT2D eigenvalue weighted by Gasteiger charge is 2.33. The first-order valence-corrected chi connectivity index (χ1v) is 7.23. The molecule has 7 nitrogen and oxygen atoms in total. The van der Waals surface area contributed by atoms with E-state index in [1.807, 2.05) is 0 Å². The molecule has 3 atom stereocenters. The van der Waals surface area contributed by atoms with E-state index in [1.165, 1.54) is 0 Å². The third kappa shape index (κ3) is 3.83. The Morgan fingerprint density at radius 3 is 2.95 bits per heavy atom. The molecule has 0 aromatic rings. The van der Waals surface area contributed by atoms with E-state index in [2.05, 4.69) is 10.6 Å². The van der Waals surface area contributed by atoms with Gasteiger partial charge in [-0.1, -0.05) is 0 Å². The summed E-state index contributed by atoms with van der Waals surface area (Å²) in [5, 5.41) is 15.3. The molecule has 0 radical (unpaired) electrons. The summed E-state index contributed by atoms with van der Waals surface area (Å²) >= 11 is 0. The van der Waals surface area contributed by atoms with Crippen molar-refractivity contribution >= 4 is 12.0 Å². The third-order valence-corrected chi connectivity index (χ3v) is 3.74. The number of hydrogen-bond donors (Lipinski definition) is 3. The Labute approximate surface area is 118 Å². The van der Waals surface area contributed by atoms with E-state index in [9.17, 15) is 14.7 Å². The van der Waals surface area contributed by atoms with Gasteiger partial charge in [-0.15, -0.1) is 0 Å². The second kappa shape index (κ2) is 6.90. The minimum absolute atomic E-state index is 0.0110. The van der Waals surface area contributed by atoms with Gasteiger partial charge in [0.25, 0.3) is 0 Å². The Morgan fingerprint density at radius 1 is 1.50 bits per heavy atom. The Morgan fingerprint density at radius 2 is 2.30 bits per heavy atom. The zero-order valence-electron chi connectivity index (χ0n) is 11.8. The molecule has 0 bridgehead atoms. The van der Waals surface area contributed by atoms with Crippen LogP contribution in [0.15, 0.2) is 0 Å². The second-order valence-corrected chi connectivity index (χ2v) is 5.34. The van der Waals surface area contributed by atoms with E-state index in [0.29, 0.717) is 32.7 Å². The highest BCUT2D eigenvalue weighted by Crippen LogP contribution is 2.15. The number of ether oxygens (including phenoxy) is 1. The lowest BCUT2D eigenvalue weighted by Crippen LogP contribution is -2.53. The molecule has 0 spiro atoms. The summed E-state index contributed by atoms with van der Waals surface area (Å²) in [5.74, 6) is 0.0110. The standard InChI is InChI=1S/C13H23N3O4/c1-2-20-13(19)15-9-4-3-5-16(8-9)12(18)11-6-10(17)7-14-11/h9-11,14,17H,2-8H2,1H3,(H,15,19). The molecule has 20 heavy (non-hydrogen) atoms. The maximum atomic E-state index is 12.3. The van der Waals surface area contributed by atoms with Gasteiger partial charge in [-0.25, -0.2) is 4.79 Å². The van der Waals surface area contributed by atoms with Crippen molar-refractivity contribution in [3.05, 3.63) is 0 Å². The Hall–Kier alpha value is -1.34. The summed E-state index contributed by atoms with van der Waals surface area (Å²) in [6.07, 6.45) is 1.30. The number of β-amino-alcohol motifs (C(OH)–C–C–N with tert-alkyl or cyclic N) is 1. The van der Waals surface area contributed by atoms with Gasteiger partial charge >= 0.3 is 6.09 Å². The number of hydrogen-bond acceptors (Lipinski definition) is 5. The number of nitrogens with zero attached hydrogens (tertiary/aromatic N) is 1. The molecule has 7 heteroatoms. The van der Waals surface area contributed by atoms with Gasteiger partial charge in [0.1, 0.15) is 0 Å². The number of aliphatic hydroxyl groups is 1. The number of piperidine rings is 1. The second-order valence-electron chi connectivity index (χ2n) is 5.34. The Bertz CT molecular complexity index is 364. The van der Waals surface area contributed by atoms with E-state index in [4.69, 9.17) is 4.74 Å². The highest BCUT2D eigenvalue weighted by atomic mass is 16.5. The molecule has 0 saturated carbocycles. The number of amides is 2. The number of carbonyl (C=O) groups is 2. The minimum atomic E-state index is -0.442. The summed E-state index contributed by atoms with van der Waals surface area (Å²) in [6.45, 7) is 3.77. The van der Waals surface area contributed by atoms with E-state index in [1.54, 1.807) is 11.8 Å². The van der Waals surface area contributed by atoms with Crippen LogP contribution >= 0.6 is 0 Å². The average Bonchev–Trinajstić information content (AvgIpc) is 2.85. The molecule has 2 fully saturated rings. The van der Waals surface area contributed by atoms with E-state index >= 15 is 0 Å². The zero-order chi connectivity index (χ0) is 14.5. The number of likely N-dealkylation sites (tertiary alicyclic amines) is 1. The van der Waals surface area contributed by atoms with Crippen molar-refractivity contribution < 1.29 is 19.4 Å². The fourth-order valence-electron chi connectivity index (χ4n) is 2.76. The maximum Gasteiger partial charge on any atom is 0.407 e. The van der Waals surface area contributed by atoms with Crippen molar-refractivity contribution in [3.8, 4) is 0 Å². The van der Waals surface area contributed by atoms with Crippen molar-refractivity contribution in [1.29, 1.82) is 0 Å². The lowest BCUT2D eigenvalue weighted by Gasteiger charge is -2.34. The van der Waals surface area contributed by atoms with Crippen molar-refractivity contribution in [2.24, 2.45) is 0 Å². The number of alkyl carbamates (subject to hydrolysis) is 1. The molecular formula is C13H23N3O4. The average molecular weight is 285 g/mol. The van der Waals surface area contributed by atoms with Gasteiger partial charge in [-0.3, -0.25) is 4.79 Å². The van der Waals surface area contributed by atoms with Gasteiger partial charge in [-0.05, 0) is 26.2 Å². The number of rotatable bonds is 3. The summed E-state index contributed by atoms with van der Waals surface area (Å²) < 4.78 is 4.86. The van der Waals surface area contributed by atoms with Crippen molar-refractivity contribution in [2.45, 2.75) is 44.4 Å². The number of aliphatic hydroxyl groups excluding tert-OH is 1. The molecule has 2 amide bonds. The van der Waals surface area contributed by atoms with E-state index in [0.717, 1.165) is 12.8 Å². The molecule has 2 saturated heterocycles. The molecule has 0 aliphatic carbocycles. The maximum absolute atomic E-state index is 12.3. The first-order chi connectivity index (χ1) is 9.60. The molecular weight excluding hydrogens is 262 g/mol. The SMILES string of the molecule is CCOC(=O)NC1CCCN(C(=O)C2CC(O)CN2)C1. The quantitative estimate of drug-likeness (QED) is 0.647. The normalized spacial score (nSPS) is 30.1. The molecule has 114 valence electrons. The van der Waals surface area contributed by atoms with Gasteiger partial charge in [0, 0.05) is 25.7 Å². The Balaban J connectivity index is 1.83. The van der Waals surface area contributed by atoms with Gasteiger partial charge < -0.3 is 25.4 Å². The number of nitrogens with one attached hydrogen (secondary N) is 2. The monoisotopic (exact) mass is 285 g/mol. The van der Waals surface area contributed by atoms with Crippen molar-refractivity contribution in [3.63, 3.8) is 0 Å². The van der Waals surface area contributed by atoms with Crippen LogP contribution in [0.5, 0.6) is 0 Å². The highest BCUT2D eigenvalue weighted by molar-refractivity contribution is 5.82. The lowest BCUT2D eigenvalue weighted by molar-refractivity contribution is -0.134. The van der Waals surface area contributed by atoms with Crippen LogP contribution < -0.4 is 10.6 Å². The minimum Gasteiger partial charge on any atom is -0.450 e. The predicted octanol–water partition coefficient (Wildman–Crippen LogP) is -0.554. The predicted molar refractivity (Wildman–Crippen MR) is 72.2 cm³/mol. The molecule has 3 N–H and O–H groups in total. The fourth-order valence-corrected chi connectivity index (χ4v) is 2.76. The van der Waals surface area contributed by atoms with Crippen LogP contribution in [0, 0.1) is 0 Å². The van der Waals surface area contributed by atoms with Crippen LogP contribution in [0.4, 0.5) is 4.79 Å². The first-order valence-electron chi connectivity index (χ1n) is 7.23. The van der Waals surface area contributed by atoms with Gasteiger partial charge in [0.15, 0.2) is 0 Å². The van der Waals surface area contributed by atoms with Crippen molar-refractivity contribution in [1.82, 2.24) is 15.5 Å². The van der Waals surface area contributed by atoms with E-state index < -0.39 is 12.2 Å². The summed E-state index contributed by atoms with van der Waals surface area (Å²) in [6, 6.07) is -0.357. The van der Waals surface area contributed by atoms with Gasteiger partial charge in [0.05, 0.1) is 18.8 Å². The molecule has 0 aromatic carbocycles. The van der Waals surface area contributed by atoms with Crippen LogP contribution in [0.1, 0.15) is 26.2 Å². The summed E-state index contributed by atoms with van der Waals surface area (Å²) in [7, 11) is 0. The third-order valence-electron chi connectivity index (χ3n) is 3.74. The van der Waals surface area contributed by atoms with Crippen LogP contribution in [0.3, 0.4) is 0 Å². The zero-order valence-corrected chi connectivity index (χ0v) is 11.8. The smallest absolute Gasteiger partial charge is 0.407 e. The molecule has 3 unspecified atom stereocenters. The molecule has 2 rings (SSSR count). The molecule has 2 aliphatic rings. The first kappa shape index (κ1) is 15.1. The largest absolute Gasteiger partial charge is 0.450 e. The fraction of sp³-hybridized carbons (Fsp3) is 0.846. The number of carbonyl (C=O) groups excluding carboxylic acids is 2. The van der Waals surface area contributed by atoms with Gasteiger partial charge in [0.2, 0.25) is 5.91 Å².